The second kappa shape index (κ2) is 10.4. The molecule has 0 saturated carbocycles. The van der Waals surface area contributed by atoms with E-state index in [0.29, 0.717) is 27.8 Å². The van der Waals surface area contributed by atoms with Crippen molar-refractivity contribution in [2.45, 2.75) is 6.61 Å². The number of furan rings is 1. The molecule has 0 radical (unpaired) electrons. The molecule has 39 heavy (non-hydrogen) atoms. The van der Waals surface area contributed by atoms with Crippen molar-refractivity contribution in [1.29, 1.82) is 0 Å². The summed E-state index contributed by atoms with van der Waals surface area (Å²) in [4.78, 5) is 18.1. The Morgan fingerprint density at radius 3 is 2.44 bits per heavy atom. The van der Waals surface area contributed by atoms with E-state index >= 15 is 0 Å². The summed E-state index contributed by atoms with van der Waals surface area (Å²) < 4.78 is 26.1. The normalized spacial score (nSPS) is 11.6. The maximum atomic E-state index is 13.5. The Balaban J connectivity index is 1.37. The molecule has 6 aromatic rings. The molecule has 4 aromatic carbocycles. The van der Waals surface area contributed by atoms with Gasteiger partial charge in [-0.25, -0.2) is 9.37 Å². The van der Waals surface area contributed by atoms with Gasteiger partial charge in [0.1, 0.15) is 18.0 Å². The van der Waals surface area contributed by atoms with E-state index in [1.165, 1.54) is 23.0 Å². The van der Waals surface area contributed by atoms with Crippen LogP contribution in [-0.4, -0.2) is 15.9 Å². The Hall–Kier alpha value is -4.46. The Morgan fingerprint density at radius 1 is 0.949 bits per heavy atom. The average molecular weight is 558 g/mol. The molecule has 0 spiro atoms. The third-order valence-corrected chi connectivity index (χ3v) is 6.60. The predicted octanol–water partition coefficient (Wildman–Crippen LogP) is 7.72. The Morgan fingerprint density at radius 2 is 1.67 bits per heavy atom. The highest BCUT2D eigenvalue weighted by atomic mass is 35.5. The lowest BCUT2D eigenvalue weighted by atomic mass is 10.2. The van der Waals surface area contributed by atoms with Gasteiger partial charge >= 0.3 is 0 Å². The van der Waals surface area contributed by atoms with Crippen LogP contribution in [0, 0.1) is 5.82 Å². The molecule has 0 aliphatic carbocycles. The highest BCUT2D eigenvalue weighted by Crippen LogP contribution is 2.34. The first-order chi connectivity index (χ1) is 19.0. The molecule has 192 valence electrons. The minimum absolute atomic E-state index is 0.159. The van der Waals surface area contributed by atoms with Gasteiger partial charge in [-0.15, -0.1) is 0 Å². The van der Waals surface area contributed by atoms with Crippen LogP contribution >= 0.6 is 23.2 Å². The first-order valence-electron chi connectivity index (χ1n) is 11.9. The van der Waals surface area contributed by atoms with Crippen LogP contribution in [0.3, 0.4) is 0 Å². The number of ether oxygens (including phenoxy) is 1. The Bertz CT molecular complexity index is 1870. The summed E-state index contributed by atoms with van der Waals surface area (Å²) in [5.41, 5.74) is 2.13. The van der Waals surface area contributed by atoms with E-state index < -0.39 is 0 Å². The molecule has 0 aliphatic heterocycles. The van der Waals surface area contributed by atoms with E-state index in [-0.39, 0.29) is 39.6 Å². The highest BCUT2D eigenvalue weighted by molar-refractivity contribution is 6.37. The smallest absolute Gasteiger partial charge is 0.282 e. The first kappa shape index (κ1) is 24.9. The zero-order chi connectivity index (χ0) is 26.9. The predicted molar refractivity (Wildman–Crippen MR) is 151 cm³/mol. The lowest BCUT2D eigenvalue weighted by Gasteiger charge is -2.11. The van der Waals surface area contributed by atoms with E-state index in [1.54, 1.807) is 42.5 Å². The Kier molecular flexibility index (Phi) is 6.60. The van der Waals surface area contributed by atoms with E-state index in [4.69, 9.17) is 32.4 Å². The summed E-state index contributed by atoms with van der Waals surface area (Å²) in [6, 6.07) is 25.6. The summed E-state index contributed by atoms with van der Waals surface area (Å²) in [5, 5.41) is 6.25. The van der Waals surface area contributed by atoms with Crippen LogP contribution in [0.1, 0.15) is 11.1 Å². The molecule has 0 atom stereocenters. The molecule has 0 unspecified atom stereocenters. The summed E-state index contributed by atoms with van der Waals surface area (Å²) in [6.07, 6.45) is 1.46. The van der Waals surface area contributed by atoms with Gasteiger partial charge in [0.25, 0.3) is 5.56 Å². The van der Waals surface area contributed by atoms with Gasteiger partial charge in [-0.1, -0.05) is 65.7 Å². The van der Waals surface area contributed by atoms with Gasteiger partial charge in [0.15, 0.2) is 11.5 Å². The number of hydrogen-bond acceptors (Lipinski definition) is 5. The zero-order valence-electron chi connectivity index (χ0n) is 20.1. The molecule has 0 bridgehead atoms. The van der Waals surface area contributed by atoms with E-state index in [1.807, 2.05) is 36.4 Å². The molecule has 2 aromatic heterocycles. The number of aromatic nitrogens is 2. The van der Waals surface area contributed by atoms with E-state index in [0.717, 1.165) is 10.9 Å². The maximum absolute atomic E-state index is 13.5. The standard InChI is InChI=1S/C30H18Cl2FN3O3/c31-23-13-19(14-24(32)28(23)38-17-18-9-11-21(33)12-10-18)16-34-36-29(27-15-20-5-1-4-8-26(20)39-27)35-25-7-3-2-6-22(25)30(36)37/h1-16H,17H2. The summed E-state index contributed by atoms with van der Waals surface area (Å²) in [5.74, 6) is 0.606. The van der Waals surface area contributed by atoms with Crippen molar-refractivity contribution in [2.24, 2.45) is 5.10 Å². The van der Waals surface area contributed by atoms with Crippen LogP contribution in [0.4, 0.5) is 4.39 Å². The first-order valence-corrected chi connectivity index (χ1v) is 12.6. The highest BCUT2D eigenvalue weighted by Gasteiger charge is 2.17. The molecule has 6 nitrogen and oxygen atoms in total. The van der Waals surface area contributed by atoms with E-state index in [2.05, 4.69) is 10.1 Å². The molecule has 6 rings (SSSR count). The maximum Gasteiger partial charge on any atom is 0.282 e. The van der Waals surface area contributed by atoms with Crippen molar-refractivity contribution in [3.63, 3.8) is 0 Å². The van der Waals surface area contributed by atoms with Crippen molar-refractivity contribution in [3.05, 3.63) is 128 Å². The molecular weight excluding hydrogens is 540 g/mol. The van der Waals surface area contributed by atoms with Gasteiger partial charge in [0.2, 0.25) is 5.82 Å². The van der Waals surface area contributed by atoms with Gasteiger partial charge in [-0.3, -0.25) is 4.79 Å². The number of nitrogens with zero attached hydrogens (tertiary/aromatic N) is 3. The summed E-state index contributed by atoms with van der Waals surface area (Å²) in [6.45, 7) is 0.159. The lowest BCUT2D eigenvalue weighted by Crippen LogP contribution is -2.20. The van der Waals surface area contributed by atoms with Gasteiger partial charge in [0, 0.05) is 5.39 Å². The molecule has 0 N–H and O–H groups in total. The fourth-order valence-corrected chi connectivity index (χ4v) is 4.75. The number of para-hydroxylation sites is 2. The van der Waals surface area contributed by atoms with Gasteiger partial charge in [0.05, 0.1) is 27.2 Å². The van der Waals surface area contributed by atoms with Crippen molar-refractivity contribution < 1.29 is 13.5 Å². The van der Waals surface area contributed by atoms with Gasteiger partial charge in [-0.2, -0.15) is 9.78 Å². The largest absolute Gasteiger partial charge is 0.486 e. The quantitative estimate of drug-likeness (QED) is 0.196. The second-order valence-electron chi connectivity index (χ2n) is 8.69. The van der Waals surface area contributed by atoms with E-state index in [9.17, 15) is 9.18 Å². The van der Waals surface area contributed by atoms with Crippen molar-refractivity contribution in [2.75, 3.05) is 0 Å². The molecule has 0 amide bonds. The Labute approximate surface area is 231 Å². The zero-order valence-corrected chi connectivity index (χ0v) is 21.7. The SMILES string of the molecule is O=c1c2ccccc2nc(-c2cc3ccccc3o2)n1N=Cc1cc(Cl)c(OCc2ccc(F)cc2)c(Cl)c1. The van der Waals surface area contributed by atoms with Crippen molar-refractivity contribution in [3.8, 4) is 17.3 Å². The molecule has 0 fully saturated rings. The molecular formula is C30H18Cl2FN3O3. The number of benzene rings is 4. The fraction of sp³-hybridized carbons (Fsp3) is 0.0333. The van der Waals surface area contributed by atoms with Gasteiger partial charge < -0.3 is 9.15 Å². The van der Waals surface area contributed by atoms with Crippen LogP contribution in [0.25, 0.3) is 33.5 Å². The molecule has 0 saturated heterocycles. The monoisotopic (exact) mass is 557 g/mol. The number of hydrogen-bond donors (Lipinski definition) is 0. The lowest BCUT2D eigenvalue weighted by molar-refractivity contribution is 0.306. The number of halogens is 3. The van der Waals surface area contributed by atoms with Crippen LogP contribution in [-0.2, 0) is 6.61 Å². The average Bonchev–Trinajstić information content (AvgIpc) is 3.37. The van der Waals surface area contributed by atoms with Crippen LogP contribution in [0.15, 0.2) is 105 Å². The van der Waals surface area contributed by atoms with Crippen LogP contribution in [0.5, 0.6) is 5.75 Å². The third-order valence-electron chi connectivity index (χ3n) is 6.04. The minimum atomic E-state index is -0.358. The fourth-order valence-electron chi connectivity index (χ4n) is 4.13. The van der Waals surface area contributed by atoms with Gasteiger partial charge in [-0.05, 0) is 59.7 Å². The summed E-state index contributed by atoms with van der Waals surface area (Å²) >= 11 is 12.9. The van der Waals surface area contributed by atoms with Crippen molar-refractivity contribution >= 4 is 51.3 Å². The molecule has 2 heterocycles. The van der Waals surface area contributed by atoms with Crippen LogP contribution < -0.4 is 10.3 Å². The third kappa shape index (κ3) is 5.02. The van der Waals surface area contributed by atoms with Crippen molar-refractivity contribution in [1.82, 2.24) is 9.66 Å². The number of rotatable bonds is 6. The second-order valence-corrected chi connectivity index (χ2v) is 9.51. The molecule has 0 aliphatic rings. The van der Waals surface area contributed by atoms with Crippen LogP contribution in [0.2, 0.25) is 10.0 Å². The minimum Gasteiger partial charge on any atom is -0.486 e. The summed E-state index contributed by atoms with van der Waals surface area (Å²) in [7, 11) is 0. The molecule has 9 heteroatoms. The topological polar surface area (TPSA) is 69.6 Å². The number of fused-ring (bicyclic) bond motifs is 2.